The summed E-state index contributed by atoms with van der Waals surface area (Å²) in [4.78, 5) is 17.9. The summed E-state index contributed by atoms with van der Waals surface area (Å²) >= 11 is 0. The van der Waals surface area contributed by atoms with Gasteiger partial charge in [0, 0.05) is 25.4 Å². The van der Waals surface area contributed by atoms with Crippen LogP contribution in [0.25, 0.3) is 11.1 Å². The van der Waals surface area contributed by atoms with Crippen LogP contribution >= 0.6 is 0 Å². The monoisotopic (exact) mass is 233 g/mol. The van der Waals surface area contributed by atoms with Crippen molar-refractivity contribution < 1.29 is 9.21 Å². The number of hydrogen-bond acceptors (Lipinski definition) is 4. The van der Waals surface area contributed by atoms with Gasteiger partial charge in [-0.25, -0.2) is 0 Å². The molecule has 0 radical (unpaired) electrons. The molecule has 90 valence electrons. The summed E-state index contributed by atoms with van der Waals surface area (Å²) in [5, 5.41) is 2.82. The normalized spacial score (nSPS) is 11.0. The number of hydrogen-bond donors (Lipinski definition) is 1. The maximum Gasteiger partial charge on any atom is 0.253 e. The highest BCUT2D eigenvalue weighted by Crippen LogP contribution is 2.13. The first kappa shape index (κ1) is 11.6. The van der Waals surface area contributed by atoms with E-state index in [9.17, 15) is 4.79 Å². The molecule has 0 aliphatic heterocycles. The van der Waals surface area contributed by atoms with Gasteiger partial charge in [0.25, 0.3) is 5.91 Å². The van der Waals surface area contributed by atoms with Crippen molar-refractivity contribution in [2.45, 2.75) is 0 Å². The number of likely N-dealkylation sites (N-methyl/N-ethyl adjacent to an activating group) is 1. The molecule has 1 amide bonds. The zero-order valence-corrected chi connectivity index (χ0v) is 9.93. The van der Waals surface area contributed by atoms with Crippen LogP contribution in [-0.2, 0) is 0 Å². The summed E-state index contributed by atoms with van der Waals surface area (Å²) in [6.45, 7) is 1.42. The minimum absolute atomic E-state index is 0.127. The Labute approximate surface area is 99.4 Å². The third kappa shape index (κ3) is 2.82. The average Bonchev–Trinajstić information content (AvgIpc) is 2.75. The lowest BCUT2D eigenvalue weighted by Crippen LogP contribution is -2.31. The predicted octanol–water partition coefficient (Wildman–Crippen LogP) is 1.12. The van der Waals surface area contributed by atoms with Crippen molar-refractivity contribution in [3.05, 3.63) is 30.2 Å². The minimum atomic E-state index is -0.127. The van der Waals surface area contributed by atoms with Crippen molar-refractivity contribution in [3.63, 3.8) is 0 Å². The van der Waals surface area contributed by atoms with Gasteiger partial charge in [0.05, 0.1) is 11.8 Å². The molecule has 2 aromatic rings. The van der Waals surface area contributed by atoms with Crippen LogP contribution in [0.5, 0.6) is 0 Å². The molecule has 2 rings (SSSR count). The summed E-state index contributed by atoms with van der Waals surface area (Å²) in [5.41, 5.74) is 1.91. The molecule has 5 heteroatoms. The van der Waals surface area contributed by atoms with Gasteiger partial charge in [0.2, 0.25) is 0 Å². The summed E-state index contributed by atoms with van der Waals surface area (Å²) in [7, 11) is 3.92. The fraction of sp³-hybridized carbons (Fsp3) is 0.333. The Morgan fingerprint density at radius 1 is 1.53 bits per heavy atom. The highest BCUT2D eigenvalue weighted by Gasteiger charge is 2.08. The molecule has 0 atom stereocenters. The number of pyridine rings is 1. The van der Waals surface area contributed by atoms with Crippen LogP contribution < -0.4 is 5.32 Å². The van der Waals surface area contributed by atoms with Gasteiger partial charge in [-0.1, -0.05) is 0 Å². The van der Waals surface area contributed by atoms with E-state index < -0.39 is 0 Å². The molecular formula is C12H15N3O2. The molecule has 0 saturated heterocycles. The topological polar surface area (TPSA) is 58.4 Å². The molecular weight excluding hydrogens is 218 g/mol. The Balaban J connectivity index is 2.03. The second-order valence-electron chi connectivity index (χ2n) is 4.09. The molecule has 0 saturated carbocycles. The van der Waals surface area contributed by atoms with E-state index in [0.717, 1.165) is 12.1 Å². The number of carbonyl (C=O) groups is 1. The lowest BCUT2D eigenvalue weighted by Gasteiger charge is -2.10. The minimum Gasteiger partial charge on any atom is -0.463 e. The summed E-state index contributed by atoms with van der Waals surface area (Å²) < 4.78 is 5.20. The number of aromatic nitrogens is 1. The van der Waals surface area contributed by atoms with E-state index in [1.54, 1.807) is 24.6 Å². The van der Waals surface area contributed by atoms with Crippen LogP contribution in [0.3, 0.4) is 0 Å². The number of nitrogens with zero attached hydrogens (tertiary/aromatic N) is 2. The smallest absolute Gasteiger partial charge is 0.253 e. The van der Waals surface area contributed by atoms with Crippen molar-refractivity contribution in [2.75, 3.05) is 27.2 Å². The number of rotatable bonds is 4. The zero-order chi connectivity index (χ0) is 12.3. The van der Waals surface area contributed by atoms with Gasteiger partial charge < -0.3 is 14.6 Å². The van der Waals surface area contributed by atoms with Crippen LogP contribution in [0.2, 0.25) is 0 Å². The maximum atomic E-state index is 11.8. The molecule has 0 unspecified atom stereocenters. The Bertz CT molecular complexity index is 519. The second kappa shape index (κ2) is 4.97. The Hall–Kier alpha value is -1.88. The van der Waals surface area contributed by atoms with E-state index in [2.05, 4.69) is 10.3 Å². The molecule has 0 aromatic carbocycles. The summed E-state index contributed by atoms with van der Waals surface area (Å²) in [5.74, 6) is -0.127. The number of furan rings is 1. The standard InChI is InChI=1S/C12H15N3O2/c1-15(2)5-4-13-12(16)9-7-11-10(14-8-9)3-6-17-11/h3,6-8H,4-5H2,1-2H3,(H,13,16). The molecule has 17 heavy (non-hydrogen) atoms. The highest BCUT2D eigenvalue weighted by molar-refractivity contribution is 5.96. The number of fused-ring (bicyclic) bond motifs is 1. The van der Waals surface area contributed by atoms with Crippen molar-refractivity contribution in [3.8, 4) is 0 Å². The molecule has 2 heterocycles. The van der Waals surface area contributed by atoms with Crippen molar-refractivity contribution in [2.24, 2.45) is 0 Å². The van der Waals surface area contributed by atoms with E-state index in [-0.39, 0.29) is 5.91 Å². The molecule has 5 nitrogen and oxygen atoms in total. The quantitative estimate of drug-likeness (QED) is 0.859. The van der Waals surface area contributed by atoms with E-state index in [1.807, 2.05) is 19.0 Å². The predicted molar refractivity (Wildman–Crippen MR) is 64.9 cm³/mol. The average molecular weight is 233 g/mol. The number of nitrogens with one attached hydrogen (secondary N) is 1. The fourth-order valence-corrected chi connectivity index (χ4v) is 1.47. The number of amides is 1. The Morgan fingerprint density at radius 2 is 2.35 bits per heavy atom. The molecule has 0 aliphatic carbocycles. The molecule has 2 aromatic heterocycles. The SMILES string of the molecule is CN(C)CCNC(=O)c1cnc2ccoc2c1. The largest absolute Gasteiger partial charge is 0.463 e. The van der Waals surface area contributed by atoms with E-state index in [4.69, 9.17) is 4.42 Å². The van der Waals surface area contributed by atoms with E-state index in [1.165, 1.54) is 0 Å². The summed E-state index contributed by atoms with van der Waals surface area (Å²) in [6.07, 6.45) is 3.12. The molecule has 0 aliphatic rings. The van der Waals surface area contributed by atoms with Gasteiger partial charge in [0.1, 0.15) is 5.52 Å². The van der Waals surface area contributed by atoms with Crippen LogP contribution in [-0.4, -0.2) is 43.0 Å². The van der Waals surface area contributed by atoms with Gasteiger partial charge in [-0.2, -0.15) is 0 Å². The molecule has 0 bridgehead atoms. The maximum absolute atomic E-state index is 11.8. The van der Waals surface area contributed by atoms with Gasteiger partial charge >= 0.3 is 0 Å². The first-order chi connectivity index (χ1) is 8.16. The Morgan fingerprint density at radius 3 is 3.12 bits per heavy atom. The molecule has 0 fully saturated rings. The van der Waals surface area contributed by atoms with Crippen molar-refractivity contribution >= 4 is 17.0 Å². The molecule has 0 spiro atoms. The fourth-order valence-electron chi connectivity index (χ4n) is 1.47. The molecule has 1 N–H and O–H groups in total. The van der Waals surface area contributed by atoms with Crippen molar-refractivity contribution in [1.82, 2.24) is 15.2 Å². The van der Waals surface area contributed by atoms with Gasteiger partial charge in [-0.15, -0.1) is 0 Å². The van der Waals surface area contributed by atoms with Gasteiger partial charge in [-0.3, -0.25) is 9.78 Å². The lowest BCUT2D eigenvalue weighted by molar-refractivity contribution is 0.0950. The van der Waals surface area contributed by atoms with Gasteiger partial charge in [0.15, 0.2) is 5.58 Å². The zero-order valence-electron chi connectivity index (χ0n) is 9.93. The first-order valence-electron chi connectivity index (χ1n) is 5.43. The number of carbonyl (C=O) groups excluding carboxylic acids is 1. The van der Waals surface area contributed by atoms with Gasteiger partial charge in [-0.05, 0) is 20.2 Å². The second-order valence-corrected chi connectivity index (χ2v) is 4.09. The van der Waals surface area contributed by atoms with Crippen LogP contribution in [0.15, 0.2) is 29.0 Å². The van der Waals surface area contributed by atoms with Crippen LogP contribution in [0, 0.1) is 0 Å². The van der Waals surface area contributed by atoms with Crippen LogP contribution in [0.1, 0.15) is 10.4 Å². The highest BCUT2D eigenvalue weighted by atomic mass is 16.3. The third-order valence-corrected chi connectivity index (χ3v) is 2.41. The van der Waals surface area contributed by atoms with E-state index in [0.29, 0.717) is 17.7 Å². The first-order valence-corrected chi connectivity index (χ1v) is 5.43. The van der Waals surface area contributed by atoms with E-state index >= 15 is 0 Å². The summed E-state index contributed by atoms with van der Waals surface area (Å²) in [6, 6.07) is 3.47. The third-order valence-electron chi connectivity index (χ3n) is 2.41. The lowest BCUT2D eigenvalue weighted by atomic mass is 10.2. The van der Waals surface area contributed by atoms with Crippen LogP contribution in [0.4, 0.5) is 0 Å². The Kier molecular flexibility index (Phi) is 3.39. The van der Waals surface area contributed by atoms with Crippen molar-refractivity contribution in [1.29, 1.82) is 0 Å².